The third-order valence-corrected chi connectivity index (χ3v) is 6.32. The Morgan fingerprint density at radius 2 is 1.77 bits per heavy atom. The van der Waals surface area contributed by atoms with E-state index in [0.29, 0.717) is 10.8 Å². The SMILES string of the molecule is Cc1ccc(S(=O)(=O)NCCCc2ccc(N(C)C)cc2)s1. The van der Waals surface area contributed by atoms with E-state index in [1.807, 2.05) is 27.1 Å². The summed E-state index contributed by atoms with van der Waals surface area (Å²) in [6, 6.07) is 11.8. The number of hydrogen-bond donors (Lipinski definition) is 1. The first-order valence-corrected chi connectivity index (χ1v) is 9.51. The highest BCUT2D eigenvalue weighted by Gasteiger charge is 2.14. The van der Waals surface area contributed by atoms with Crippen molar-refractivity contribution in [2.75, 3.05) is 25.5 Å². The van der Waals surface area contributed by atoms with Gasteiger partial charge in [-0.05, 0) is 49.6 Å². The molecule has 0 saturated carbocycles. The van der Waals surface area contributed by atoms with E-state index in [1.165, 1.54) is 16.9 Å². The van der Waals surface area contributed by atoms with Gasteiger partial charge in [-0.3, -0.25) is 0 Å². The van der Waals surface area contributed by atoms with Gasteiger partial charge in [-0.1, -0.05) is 12.1 Å². The predicted molar refractivity (Wildman–Crippen MR) is 93.3 cm³/mol. The molecule has 0 bridgehead atoms. The molecule has 0 atom stereocenters. The Kier molecular flexibility index (Phi) is 5.61. The fourth-order valence-electron chi connectivity index (χ4n) is 2.09. The van der Waals surface area contributed by atoms with E-state index >= 15 is 0 Å². The average Bonchev–Trinajstić information content (AvgIpc) is 2.92. The fraction of sp³-hybridized carbons (Fsp3) is 0.375. The molecular weight excluding hydrogens is 316 g/mol. The van der Waals surface area contributed by atoms with Crippen LogP contribution in [0.1, 0.15) is 16.9 Å². The largest absolute Gasteiger partial charge is 0.378 e. The van der Waals surface area contributed by atoms with Crippen LogP contribution in [0.15, 0.2) is 40.6 Å². The number of rotatable bonds is 7. The van der Waals surface area contributed by atoms with Gasteiger partial charge < -0.3 is 4.90 Å². The molecule has 0 saturated heterocycles. The molecule has 22 heavy (non-hydrogen) atoms. The van der Waals surface area contributed by atoms with Crippen LogP contribution in [0.3, 0.4) is 0 Å². The molecule has 4 nitrogen and oxygen atoms in total. The highest BCUT2D eigenvalue weighted by Crippen LogP contribution is 2.20. The molecule has 0 radical (unpaired) electrons. The predicted octanol–water partition coefficient (Wildman–Crippen LogP) is 3.03. The van der Waals surface area contributed by atoms with Crippen LogP contribution in [0.5, 0.6) is 0 Å². The summed E-state index contributed by atoms with van der Waals surface area (Å²) >= 11 is 1.30. The van der Waals surface area contributed by atoms with Gasteiger partial charge in [0, 0.05) is 31.2 Å². The van der Waals surface area contributed by atoms with Gasteiger partial charge in [-0.25, -0.2) is 13.1 Å². The molecule has 0 aliphatic rings. The Hall–Kier alpha value is -1.37. The molecule has 0 unspecified atom stereocenters. The summed E-state index contributed by atoms with van der Waals surface area (Å²) in [5, 5.41) is 0. The van der Waals surface area contributed by atoms with Gasteiger partial charge in [-0.15, -0.1) is 11.3 Å². The van der Waals surface area contributed by atoms with Crippen molar-refractivity contribution in [2.45, 2.75) is 24.0 Å². The molecule has 2 aromatic rings. The second-order valence-electron chi connectivity index (χ2n) is 5.43. The standard InChI is InChI=1S/C16H22N2O2S2/c1-13-6-11-16(21-13)22(19,20)17-12-4-5-14-7-9-15(10-8-14)18(2)3/h6-11,17H,4-5,12H2,1-3H3. The lowest BCUT2D eigenvalue weighted by Gasteiger charge is -2.12. The summed E-state index contributed by atoms with van der Waals surface area (Å²) < 4.78 is 27.2. The maximum absolute atomic E-state index is 12.1. The highest BCUT2D eigenvalue weighted by atomic mass is 32.2. The zero-order chi connectivity index (χ0) is 16.2. The minimum Gasteiger partial charge on any atom is -0.378 e. The van der Waals surface area contributed by atoms with Crippen LogP contribution in [0, 0.1) is 6.92 Å². The topological polar surface area (TPSA) is 49.4 Å². The third kappa shape index (κ3) is 4.56. The Bertz CT molecular complexity index is 704. The summed E-state index contributed by atoms with van der Waals surface area (Å²) in [7, 11) is 0.670. The molecule has 0 aliphatic carbocycles. The van der Waals surface area contributed by atoms with E-state index in [9.17, 15) is 8.42 Å². The first-order valence-electron chi connectivity index (χ1n) is 7.21. The number of nitrogens with zero attached hydrogens (tertiary/aromatic N) is 1. The van der Waals surface area contributed by atoms with Crippen molar-refractivity contribution in [3.63, 3.8) is 0 Å². The van der Waals surface area contributed by atoms with Crippen molar-refractivity contribution >= 4 is 27.0 Å². The van der Waals surface area contributed by atoms with E-state index in [4.69, 9.17) is 0 Å². The van der Waals surface area contributed by atoms with Gasteiger partial charge in [-0.2, -0.15) is 0 Å². The van der Waals surface area contributed by atoms with Crippen LogP contribution in [-0.4, -0.2) is 29.1 Å². The molecule has 0 aliphatic heterocycles. The molecular formula is C16H22N2O2S2. The maximum Gasteiger partial charge on any atom is 0.250 e. The van der Waals surface area contributed by atoms with Gasteiger partial charge in [0.25, 0.3) is 0 Å². The molecule has 0 spiro atoms. The van der Waals surface area contributed by atoms with E-state index < -0.39 is 10.0 Å². The van der Waals surface area contributed by atoms with Crippen molar-refractivity contribution in [3.05, 3.63) is 46.8 Å². The number of aryl methyl sites for hydroxylation is 2. The zero-order valence-corrected chi connectivity index (χ0v) is 14.8. The molecule has 0 fully saturated rings. The van der Waals surface area contributed by atoms with Crippen molar-refractivity contribution in [1.82, 2.24) is 4.72 Å². The summed E-state index contributed by atoms with van der Waals surface area (Å²) in [6.45, 7) is 2.36. The third-order valence-electron chi connectivity index (χ3n) is 3.37. The van der Waals surface area contributed by atoms with E-state index in [2.05, 4.69) is 33.9 Å². The highest BCUT2D eigenvalue weighted by molar-refractivity contribution is 7.91. The van der Waals surface area contributed by atoms with Gasteiger partial charge in [0.2, 0.25) is 10.0 Å². The first kappa shape index (κ1) is 17.0. The minimum absolute atomic E-state index is 0.389. The van der Waals surface area contributed by atoms with Crippen LogP contribution in [-0.2, 0) is 16.4 Å². The fourth-order valence-corrected chi connectivity index (χ4v) is 4.49. The molecule has 120 valence electrons. The van der Waals surface area contributed by atoms with Crippen molar-refractivity contribution in [2.24, 2.45) is 0 Å². The van der Waals surface area contributed by atoms with E-state index in [-0.39, 0.29) is 0 Å². The summed E-state index contributed by atoms with van der Waals surface area (Å²) in [5.41, 5.74) is 2.38. The second-order valence-corrected chi connectivity index (χ2v) is 8.71. The summed E-state index contributed by atoms with van der Waals surface area (Å²) in [4.78, 5) is 3.06. The number of thiophene rings is 1. The van der Waals surface area contributed by atoms with Crippen LogP contribution < -0.4 is 9.62 Å². The number of nitrogens with one attached hydrogen (secondary N) is 1. The number of anilines is 1. The molecule has 1 heterocycles. The van der Waals surface area contributed by atoms with Crippen LogP contribution in [0.4, 0.5) is 5.69 Å². The monoisotopic (exact) mass is 338 g/mol. The van der Waals surface area contributed by atoms with Crippen LogP contribution in [0.2, 0.25) is 0 Å². The van der Waals surface area contributed by atoms with Crippen molar-refractivity contribution < 1.29 is 8.42 Å². The van der Waals surface area contributed by atoms with Gasteiger partial charge in [0.05, 0.1) is 0 Å². The smallest absolute Gasteiger partial charge is 0.250 e. The molecule has 0 amide bonds. The van der Waals surface area contributed by atoms with Gasteiger partial charge in [0.15, 0.2) is 0 Å². The average molecular weight is 338 g/mol. The number of sulfonamides is 1. The summed E-state index contributed by atoms with van der Waals surface area (Å²) in [6.07, 6.45) is 1.64. The maximum atomic E-state index is 12.1. The van der Waals surface area contributed by atoms with Gasteiger partial charge in [0.1, 0.15) is 4.21 Å². The van der Waals surface area contributed by atoms with Crippen molar-refractivity contribution in [1.29, 1.82) is 0 Å². The number of hydrogen-bond acceptors (Lipinski definition) is 4. The lowest BCUT2D eigenvalue weighted by atomic mass is 10.1. The van der Waals surface area contributed by atoms with Crippen molar-refractivity contribution in [3.8, 4) is 0 Å². The summed E-state index contributed by atoms with van der Waals surface area (Å²) in [5.74, 6) is 0. The molecule has 6 heteroatoms. The molecule has 1 aromatic heterocycles. The van der Waals surface area contributed by atoms with Gasteiger partial charge >= 0.3 is 0 Å². The Labute approximate surface area is 136 Å². The van der Waals surface area contributed by atoms with E-state index in [0.717, 1.165) is 23.4 Å². The van der Waals surface area contributed by atoms with Crippen LogP contribution >= 0.6 is 11.3 Å². The quantitative estimate of drug-likeness (QED) is 0.790. The molecule has 1 N–H and O–H groups in total. The first-order chi connectivity index (χ1) is 10.4. The Balaban J connectivity index is 1.82. The second kappa shape index (κ2) is 7.26. The van der Waals surface area contributed by atoms with Crippen LogP contribution in [0.25, 0.3) is 0 Å². The Morgan fingerprint density at radius 1 is 1.09 bits per heavy atom. The normalized spacial score (nSPS) is 11.6. The number of benzene rings is 1. The van der Waals surface area contributed by atoms with E-state index in [1.54, 1.807) is 6.07 Å². The molecule has 2 rings (SSSR count). The minimum atomic E-state index is -3.35. The lowest BCUT2D eigenvalue weighted by Crippen LogP contribution is -2.24. The Morgan fingerprint density at radius 3 is 2.32 bits per heavy atom. The lowest BCUT2D eigenvalue weighted by molar-refractivity contribution is 0.581. The zero-order valence-electron chi connectivity index (χ0n) is 13.2. The molecule has 1 aromatic carbocycles.